The standard InChI is InChI=1S/C20H28N2O4/c23-19(24)18-8-10-21(11-9-18)14-16-6-12-22(13-7-16)20(25)26-15-17-4-2-1-3-5-17/h1-5,16,18H,6-15H2,(H,23,24). The minimum atomic E-state index is -0.660. The van der Waals surface area contributed by atoms with Crippen molar-refractivity contribution in [3.63, 3.8) is 0 Å². The third-order valence-corrected chi connectivity index (χ3v) is 5.53. The number of rotatable bonds is 5. The first kappa shape index (κ1) is 18.7. The fourth-order valence-electron chi connectivity index (χ4n) is 3.84. The number of carboxylic acid groups (broad SMARTS) is 1. The van der Waals surface area contributed by atoms with Crippen LogP contribution in [-0.4, -0.2) is 59.7 Å². The van der Waals surface area contributed by atoms with Gasteiger partial charge in [0.2, 0.25) is 0 Å². The number of hydrogen-bond acceptors (Lipinski definition) is 4. The number of carbonyl (C=O) groups is 2. The zero-order valence-electron chi connectivity index (χ0n) is 15.2. The first-order chi connectivity index (χ1) is 12.6. The van der Waals surface area contributed by atoms with Crippen LogP contribution in [0.5, 0.6) is 0 Å². The van der Waals surface area contributed by atoms with Crippen LogP contribution >= 0.6 is 0 Å². The largest absolute Gasteiger partial charge is 0.481 e. The van der Waals surface area contributed by atoms with E-state index in [0.29, 0.717) is 12.5 Å². The van der Waals surface area contributed by atoms with Crippen LogP contribution in [0, 0.1) is 11.8 Å². The summed E-state index contributed by atoms with van der Waals surface area (Å²) in [7, 11) is 0. The molecule has 0 spiro atoms. The Morgan fingerprint density at radius 2 is 1.65 bits per heavy atom. The van der Waals surface area contributed by atoms with Crippen LogP contribution in [-0.2, 0) is 16.1 Å². The Balaban J connectivity index is 1.35. The molecule has 2 aliphatic heterocycles. The van der Waals surface area contributed by atoms with Gasteiger partial charge in [0.15, 0.2) is 0 Å². The smallest absolute Gasteiger partial charge is 0.410 e. The SMILES string of the molecule is O=C(O)C1CCN(CC2CCN(C(=O)OCc3ccccc3)CC2)CC1. The van der Waals surface area contributed by atoms with Crippen LogP contribution in [0.1, 0.15) is 31.2 Å². The molecule has 0 bridgehead atoms. The van der Waals surface area contributed by atoms with E-state index in [1.165, 1.54) is 0 Å². The number of piperidine rings is 2. The highest BCUT2D eigenvalue weighted by Gasteiger charge is 2.28. The number of carbonyl (C=O) groups excluding carboxylic acids is 1. The number of likely N-dealkylation sites (tertiary alicyclic amines) is 2. The van der Waals surface area contributed by atoms with E-state index in [0.717, 1.165) is 64.0 Å². The van der Waals surface area contributed by atoms with Crippen LogP contribution in [0.2, 0.25) is 0 Å². The Morgan fingerprint density at radius 3 is 2.27 bits per heavy atom. The third-order valence-electron chi connectivity index (χ3n) is 5.53. The zero-order chi connectivity index (χ0) is 18.4. The van der Waals surface area contributed by atoms with Crippen molar-refractivity contribution in [1.29, 1.82) is 0 Å². The van der Waals surface area contributed by atoms with Gasteiger partial charge in [0.05, 0.1) is 5.92 Å². The van der Waals surface area contributed by atoms with E-state index in [9.17, 15) is 9.59 Å². The lowest BCUT2D eigenvalue weighted by Gasteiger charge is -2.36. The fourth-order valence-corrected chi connectivity index (χ4v) is 3.84. The van der Waals surface area contributed by atoms with Gasteiger partial charge in [-0.15, -0.1) is 0 Å². The summed E-state index contributed by atoms with van der Waals surface area (Å²) < 4.78 is 5.41. The summed E-state index contributed by atoms with van der Waals surface area (Å²) in [6.45, 7) is 4.55. The minimum absolute atomic E-state index is 0.174. The van der Waals surface area contributed by atoms with Gasteiger partial charge in [0.1, 0.15) is 6.61 Å². The number of aliphatic carboxylic acids is 1. The Labute approximate surface area is 154 Å². The summed E-state index contributed by atoms with van der Waals surface area (Å²) in [5, 5.41) is 9.08. The Morgan fingerprint density at radius 1 is 1.00 bits per heavy atom. The summed E-state index contributed by atoms with van der Waals surface area (Å²) in [6, 6.07) is 9.72. The number of benzene rings is 1. The maximum Gasteiger partial charge on any atom is 0.410 e. The highest BCUT2D eigenvalue weighted by Crippen LogP contribution is 2.23. The minimum Gasteiger partial charge on any atom is -0.481 e. The van der Waals surface area contributed by atoms with Crippen LogP contribution < -0.4 is 0 Å². The first-order valence-corrected chi connectivity index (χ1v) is 9.52. The molecule has 2 aliphatic rings. The molecule has 3 rings (SSSR count). The second-order valence-corrected chi connectivity index (χ2v) is 7.38. The molecular formula is C20H28N2O4. The van der Waals surface area contributed by atoms with Crippen LogP contribution in [0.3, 0.4) is 0 Å². The normalized spacial score (nSPS) is 20.1. The van der Waals surface area contributed by atoms with Crippen LogP contribution in [0.15, 0.2) is 30.3 Å². The molecule has 6 heteroatoms. The monoisotopic (exact) mass is 360 g/mol. The predicted molar refractivity (Wildman–Crippen MR) is 97.7 cm³/mol. The molecule has 2 fully saturated rings. The number of nitrogens with zero attached hydrogens (tertiary/aromatic N) is 2. The molecule has 0 aromatic heterocycles. The average molecular weight is 360 g/mol. The molecule has 142 valence electrons. The highest BCUT2D eigenvalue weighted by atomic mass is 16.6. The molecule has 1 amide bonds. The Bertz CT molecular complexity index is 591. The zero-order valence-corrected chi connectivity index (χ0v) is 15.2. The summed E-state index contributed by atoms with van der Waals surface area (Å²) in [5.41, 5.74) is 1.00. The molecule has 0 atom stereocenters. The van der Waals surface area contributed by atoms with Crippen molar-refractivity contribution in [2.24, 2.45) is 11.8 Å². The van der Waals surface area contributed by atoms with Crippen molar-refractivity contribution in [2.45, 2.75) is 32.3 Å². The van der Waals surface area contributed by atoms with Crippen molar-refractivity contribution in [2.75, 3.05) is 32.7 Å². The van der Waals surface area contributed by atoms with Gasteiger partial charge in [-0.05, 0) is 50.3 Å². The van der Waals surface area contributed by atoms with E-state index < -0.39 is 5.97 Å². The second-order valence-electron chi connectivity index (χ2n) is 7.38. The van der Waals surface area contributed by atoms with Gasteiger partial charge in [-0.1, -0.05) is 30.3 Å². The van der Waals surface area contributed by atoms with Crippen molar-refractivity contribution in [1.82, 2.24) is 9.80 Å². The number of carboxylic acids is 1. The van der Waals surface area contributed by atoms with Gasteiger partial charge < -0.3 is 19.6 Å². The molecule has 1 aromatic carbocycles. The Kier molecular flexibility index (Phi) is 6.50. The van der Waals surface area contributed by atoms with E-state index in [1.54, 1.807) is 4.90 Å². The van der Waals surface area contributed by atoms with Gasteiger partial charge in [-0.2, -0.15) is 0 Å². The average Bonchev–Trinajstić information content (AvgIpc) is 2.68. The van der Waals surface area contributed by atoms with E-state index in [-0.39, 0.29) is 12.0 Å². The summed E-state index contributed by atoms with van der Waals surface area (Å²) in [6.07, 6.45) is 3.24. The summed E-state index contributed by atoms with van der Waals surface area (Å²) in [5.74, 6) is -0.256. The maximum atomic E-state index is 12.2. The molecule has 2 heterocycles. The lowest BCUT2D eigenvalue weighted by Crippen LogP contribution is -2.44. The Hall–Kier alpha value is -2.08. The topological polar surface area (TPSA) is 70.1 Å². The van der Waals surface area contributed by atoms with E-state index in [1.807, 2.05) is 30.3 Å². The number of amides is 1. The van der Waals surface area contributed by atoms with Gasteiger partial charge >= 0.3 is 12.1 Å². The molecule has 1 N–H and O–H groups in total. The number of hydrogen-bond donors (Lipinski definition) is 1. The molecule has 26 heavy (non-hydrogen) atoms. The third kappa shape index (κ3) is 5.21. The molecule has 0 aliphatic carbocycles. The molecule has 6 nitrogen and oxygen atoms in total. The molecular weight excluding hydrogens is 332 g/mol. The quantitative estimate of drug-likeness (QED) is 0.874. The molecule has 0 saturated carbocycles. The van der Waals surface area contributed by atoms with Crippen molar-refractivity contribution in [3.05, 3.63) is 35.9 Å². The fraction of sp³-hybridized carbons (Fsp3) is 0.600. The first-order valence-electron chi connectivity index (χ1n) is 9.52. The van der Waals surface area contributed by atoms with E-state index >= 15 is 0 Å². The second kappa shape index (κ2) is 9.03. The van der Waals surface area contributed by atoms with Gasteiger partial charge in [0, 0.05) is 19.6 Å². The lowest BCUT2D eigenvalue weighted by molar-refractivity contribution is -0.143. The van der Waals surface area contributed by atoms with Crippen molar-refractivity contribution < 1.29 is 19.4 Å². The highest BCUT2D eigenvalue weighted by molar-refractivity contribution is 5.70. The van der Waals surface area contributed by atoms with Crippen molar-refractivity contribution in [3.8, 4) is 0 Å². The van der Waals surface area contributed by atoms with E-state index in [2.05, 4.69) is 4.90 Å². The lowest BCUT2D eigenvalue weighted by atomic mass is 9.93. The van der Waals surface area contributed by atoms with Gasteiger partial charge in [0.25, 0.3) is 0 Å². The summed E-state index contributed by atoms with van der Waals surface area (Å²) >= 11 is 0. The predicted octanol–water partition coefficient (Wildman–Crippen LogP) is 2.83. The molecule has 2 saturated heterocycles. The summed E-state index contributed by atoms with van der Waals surface area (Å²) in [4.78, 5) is 27.4. The van der Waals surface area contributed by atoms with Gasteiger partial charge in [-0.3, -0.25) is 4.79 Å². The van der Waals surface area contributed by atoms with Gasteiger partial charge in [-0.25, -0.2) is 4.79 Å². The van der Waals surface area contributed by atoms with Crippen molar-refractivity contribution >= 4 is 12.1 Å². The molecule has 0 radical (unpaired) electrons. The maximum absolute atomic E-state index is 12.2. The van der Waals surface area contributed by atoms with E-state index in [4.69, 9.17) is 9.84 Å². The van der Waals surface area contributed by atoms with Crippen LogP contribution in [0.25, 0.3) is 0 Å². The molecule has 0 unspecified atom stereocenters. The number of ether oxygens (including phenoxy) is 1. The van der Waals surface area contributed by atoms with Crippen LogP contribution in [0.4, 0.5) is 4.79 Å². The molecule has 1 aromatic rings.